The first-order chi connectivity index (χ1) is 16.1. The van der Waals surface area contributed by atoms with Crippen LogP contribution >= 0.6 is 0 Å². The summed E-state index contributed by atoms with van der Waals surface area (Å²) in [5.74, 6) is -0.0178. The Morgan fingerprint density at radius 2 is 1.85 bits per heavy atom. The fourth-order valence-corrected chi connectivity index (χ4v) is 4.38. The maximum atomic E-state index is 13.3. The lowest BCUT2D eigenvalue weighted by molar-refractivity contribution is -0.140. The lowest BCUT2D eigenvalue weighted by atomic mass is 10.1. The van der Waals surface area contributed by atoms with Crippen LogP contribution < -0.4 is 10.6 Å². The molecule has 3 N–H and O–H groups in total. The third-order valence-electron chi connectivity index (χ3n) is 6.18. The number of nitriles is 2. The van der Waals surface area contributed by atoms with Gasteiger partial charge in [0.2, 0.25) is 11.8 Å². The Hall–Kier alpha value is -3.98. The minimum atomic E-state index is -0.632. The Balaban J connectivity index is 1.52. The van der Waals surface area contributed by atoms with Crippen LogP contribution in [-0.4, -0.2) is 58.8 Å². The second-order valence-corrected chi connectivity index (χ2v) is 8.42. The largest absolute Gasteiger partial charge is 0.361 e. The van der Waals surface area contributed by atoms with E-state index in [9.17, 15) is 20.1 Å². The average molecular weight is 446 g/mol. The van der Waals surface area contributed by atoms with Crippen molar-refractivity contribution in [3.8, 4) is 12.1 Å². The molecule has 0 unspecified atom stereocenters. The van der Waals surface area contributed by atoms with Crippen LogP contribution in [-0.2, 0) is 9.59 Å². The van der Waals surface area contributed by atoms with Gasteiger partial charge in [0.05, 0.1) is 6.54 Å². The number of allylic oxidation sites excluding steroid dienone is 1. The summed E-state index contributed by atoms with van der Waals surface area (Å²) >= 11 is 0. The molecule has 1 atom stereocenters. The number of amides is 2. The van der Waals surface area contributed by atoms with Crippen molar-refractivity contribution in [1.29, 1.82) is 10.5 Å². The maximum Gasteiger partial charge on any atom is 0.245 e. The molecule has 1 aromatic carbocycles. The molecular formula is C24H27N7O2. The summed E-state index contributed by atoms with van der Waals surface area (Å²) in [6, 6.07) is 10.8. The molecule has 170 valence electrons. The Labute approximate surface area is 192 Å². The van der Waals surface area contributed by atoms with E-state index < -0.39 is 6.04 Å². The highest BCUT2D eigenvalue weighted by molar-refractivity contribution is 5.88. The molecular weight excluding hydrogens is 418 g/mol. The number of hydrogen-bond donors (Lipinski definition) is 3. The zero-order chi connectivity index (χ0) is 23.2. The number of hydrogen-bond acceptors (Lipinski definition) is 6. The number of nitrogens with zero attached hydrogens (tertiary/aromatic N) is 4. The fourth-order valence-electron chi connectivity index (χ4n) is 4.38. The zero-order valence-electron chi connectivity index (χ0n) is 18.4. The van der Waals surface area contributed by atoms with Crippen molar-refractivity contribution >= 4 is 28.4 Å². The van der Waals surface area contributed by atoms with Crippen LogP contribution in [0.25, 0.3) is 10.9 Å². The van der Waals surface area contributed by atoms with Gasteiger partial charge < -0.3 is 25.4 Å². The van der Waals surface area contributed by atoms with E-state index in [0.717, 1.165) is 49.7 Å². The summed E-state index contributed by atoms with van der Waals surface area (Å²) in [5.41, 5.74) is 1.45. The Kier molecular flexibility index (Phi) is 6.80. The number of nitrogens with one attached hydrogen (secondary N) is 3. The molecule has 2 aliphatic heterocycles. The normalized spacial score (nSPS) is 18.4. The van der Waals surface area contributed by atoms with Crippen molar-refractivity contribution in [2.75, 3.05) is 31.5 Å². The maximum absolute atomic E-state index is 13.3. The van der Waals surface area contributed by atoms with E-state index in [4.69, 9.17) is 0 Å². The number of H-pyrrole nitrogens is 1. The molecule has 9 heteroatoms. The summed E-state index contributed by atoms with van der Waals surface area (Å²) in [6.45, 7) is 2.09. The predicted molar refractivity (Wildman–Crippen MR) is 123 cm³/mol. The fraction of sp³-hybridized carbons (Fsp3) is 0.417. The Morgan fingerprint density at radius 1 is 1.09 bits per heavy atom. The molecule has 0 aliphatic carbocycles. The molecule has 0 bridgehead atoms. The standard InChI is InChI=1S/C24H27N7O2/c25-14-18(15-26)23(28-19-7-6-17-8-9-27-21(17)13-19)29-20-5-1-2-12-31(24(20)33)16-22(32)30-10-3-4-11-30/h6-9,13,20,27-29H,1-5,10-12,16H2/t20-/m0/s1. The summed E-state index contributed by atoms with van der Waals surface area (Å²) in [5, 5.41) is 26.2. The highest BCUT2D eigenvalue weighted by atomic mass is 16.2. The smallest absolute Gasteiger partial charge is 0.245 e. The van der Waals surface area contributed by atoms with Gasteiger partial charge in [0.15, 0.2) is 5.57 Å². The molecule has 0 spiro atoms. The molecule has 33 heavy (non-hydrogen) atoms. The SMILES string of the molecule is N#CC(C#N)=C(Nc1ccc2cc[nH]c2c1)N[C@H]1CCCCN(CC(=O)N2CCCC2)C1=O. The number of carbonyl (C=O) groups excluding carboxylic acids is 2. The number of fused-ring (bicyclic) bond motifs is 1. The van der Waals surface area contributed by atoms with Crippen LogP contribution in [0, 0.1) is 22.7 Å². The molecule has 0 saturated carbocycles. The molecule has 2 amide bonds. The first kappa shape index (κ1) is 22.2. The third-order valence-corrected chi connectivity index (χ3v) is 6.18. The molecule has 0 radical (unpaired) electrons. The van der Waals surface area contributed by atoms with Gasteiger partial charge in [0.1, 0.15) is 24.0 Å². The summed E-state index contributed by atoms with van der Waals surface area (Å²) in [7, 11) is 0. The molecule has 2 fully saturated rings. The molecule has 9 nitrogen and oxygen atoms in total. The van der Waals surface area contributed by atoms with Crippen molar-refractivity contribution in [3.63, 3.8) is 0 Å². The van der Waals surface area contributed by atoms with E-state index in [1.165, 1.54) is 0 Å². The Morgan fingerprint density at radius 3 is 2.61 bits per heavy atom. The summed E-state index contributed by atoms with van der Waals surface area (Å²) in [6.07, 6.45) is 6.00. The molecule has 2 saturated heterocycles. The molecule has 4 rings (SSSR count). The minimum Gasteiger partial charge on any atom is -0.361 e. The van der Waals surface area contributed by atoms with Crippen LogP contribution in [0.2, 0.25) is 0 Å². The van der Waals surface area contributed by atoms with Crippen molar-refractivity contribution in [3.05, 3.63) is 41.9 Å². The van der Waals surface area contributed by atoms with Crippen LogP contribution in [0.15, 0.2) is 41.9 Å². The number of aromatic amines is 1. The van der Waals surface area contributed by atoms with E-state index in [1.54, 1.807) is 4.90 Å². The van der Waals surface area contributed by atoms with E-state index in [1.807, 2.05) is 47.5 Å². The summed E-state index contributed by atoms with van der Waals surface area (Å²) < 4.78 is 0. The van der Waals surface area contributed by atoms with Gasteiger partial charge in [-0.1, -0.05) is 6.07 Å². The van der Waals surface area contributed by atoms with Gasteiger partial charge in [-0.15, -0.1) is 0 Å². The van der Waals surface area contributed by atoms with Crippen molar-refractivity contribution in [2.24, 2.45) is 0 Å². The van der Waals surface area contributed by atoms with Crippen LogP contribution in [0.3, 0.4) is 0 Å². The second-order valence-electron chi connectivity index (χ2n) is 8.42. The van der Waals surface area contributed by atoms with E-state index in [0.29, 0.717) is 18.7 Å². The number of carbonyl (C=O) groups is 2. The number of benzene rings is 1. The molecule has 3 heterocycles. The van der Waals surface area contributed by atoms with Crippen LogP contribution in [0.5, 0.6) is 0 Å². The highest BCUT2D eigenvalue weighted by Gasteiger charge is 2.31. The van der Waals surface area contributed by atoms with Gasteiger partial charge in [0.25, 0.3) is 0 Å². The molecule has 1 aromatic heterocycles. The first-order valence-electron chi connectivity index (χ1n) is 11.3. The topological polar surface area (TPSA) is 128 Å². The second kappa shape index (κ2) is 10.1. The van der Waals surface area contributed by atoms with Gasteiger partial charge in [-0.3, -0.25) is 9.59 Å². The van der Waals surface area contributed by atoms with Crippen molar-refractivity contribution in [2.45, 2.75) is 38.1 Å². The number of aromatic nitrogens is 1. The van der Waals surface area contributed by atoms with Crippen molar-refractivity contribution in [1.82, 2.24) is 20.1 Å². The number of rotatable bonds is 6. The van der Waals surface area contributed by atoms with E-state index in [2.05, 4.69) is 15.6 Å². The van der Waals surface area contributed by atoms with Gasteiger partial charge >= 0.3 is 0 Å². The third kappa shape index (κ3) is 5.09. The lowest BCUT2D eigenvalue weighted by Gasteiger charge is -2.27. The predicted octanol–water partition coefficient (Wildman–Crippen LogP) is 2.43. The van der Waals surface area contributed by atoms with Gasteiger partial charge in [-0.05, 0) is 55.7 Å². The van der Waals surface area contributed by atoms with Crippen molar-refractivity contribution < 1.29 is 9.59 Å². The number of anilines is 1. The Bertz CT molecular complexity index is 1130. The summed E-state index contributed by atoms with van der Waals surface area (Å²) in [4.78, 5) is 32.5. The van der Waals surface area contributed by atoms with Gasteiger partial charge in [-0.25, -0.2) is 0 Å². The van der Waals surface area contributed by atoms with Crippen LogP contribution in [0.4, 0.5) is 5.69 Å². The molecule has 2 aromatic rings. The number of likely N-dealkylation sites (tertiary alicyclic amines) is 2. The van der Waals surface area contributed by atoms with E-state index >= 15 is 0 Å². The molecule has 2 aliphatic rings. The lowest BCUT2D eigenvalue weighted by Crippen LogP contribution is -2.49. The first-order valence-corrected chi connectivity index (χ1v) is 11.3. The average Bonchev–Trinajstić information content (AvgIpc) is 3.49. The zero-order valence-corrected chi connectivity index (χ0v) is 18.4. The monoisotopic (exact) mass is 445 g/mol. The van der Waals surface area contributed by atoms with Gasteiger partial charge in [0, 0.05) is 37.0 Å². The highest BCUT2D eigenvalue weighted by Crippen LogP contribution is 2.21. The quantitative estimate of drug-likeness (QED) is 0.586. The van der Waals surface area contributed by atoms with Crippen LogP contribution in [0.1, 0.15) is 32.1 Å². The minimum absolute atomic E-state index is 0.0237. The van der Waals surface area contributed by atoms with Gasteiger partial charge in [-0.2, -0.15) is 10.5 Å². The van der Waals surface area contributed by atoms with E-state index in [-0.39, 0.29) is 29.8 Å².